The Morgan fingerprint density at radius 2 is 1.80 bits per heavy atom. The van der Waals surface area contributed by atoms with E-state index in [1.165, 1.54) is 0 Å². The molecule has 0 amide bonds. The Kier molecular flexibility index (Phi) is 3.60. The lowest BCUT2D eigenvalue weighted by Crippen LogP contribution is -2.17. The molecule has 6 heteroatoms. The SMILES string of the molecule is Cc1ccc(C)c(S(=O)(=O)Nc2c(C)c(C)nn2C)c1. The van der Waals surface area contributed by atoms with E-state index in [-0.39, 0.29) is 0 Å². The lowest BCUT2D eigenvalue weighted by Gasteiger charge is -2.12. The van der Waals surface area contributed by atoms with Crippen molar-refractivity contribution < 1.29 is 8.42 Å². The number of aryl methyl sites for hydroxylation is 4. The zero-order chi connectivity index (χ0) is 15.1. The highest BCUT2D eigenvalue weighted by Gasteiger charge is 2.20. The third kappa shape index (κ3) is 2.56. The second kappa shape index (κ2) is 4.94. The predicted molar refractivity (Wildman–Crippen MR) is 79.4 cm³/mol. The molecule has 108 valence electrons. The maximum Gasteiger partial charge on any atom is 0.263 e. The molecule has 1 N–H and O–H groups in total. The lowest BCUT2D eigenvalue weighted by atomic mass is 10.2. The average molecular weight is 293 g/mol. The summed E-state index contributed by atoms with van der Waals surface area (Å²) in [5.41, 5.74) is 3.28. The molecule has 0 spiro atoms. The van der Waals surface area contributed by atoms with E-state index in [1.807, 2.05) is 32.9 Å². The van der Waals surface area contributed by atoms with Gasteiger partial charge in [0.15, 0.2) is 0 Å². The molecule has 0 aliphatic heterocycles. The second-order valence-electron chi connectivity index (χ2n) is 5.06. The van der Waals surface area contributed by atoms with Gasteiger partial charge < -0.3 is 0 Å². The first kappa shape index (κ1) is 14.6. The molecule has 0 aliphatic carbocycles. The van der Waals surface area contributed by atoms with E-state index >= 15 is 0 Å². The number of benzene rings is 1. The molecule has 0 bridgehead atoms. The summed E-state index contributed by atoms with van der Waals surface area (Å²) in [4.78, 5) is 0.302. The number of rotatable bonds is 3. The lowest BCUT2D eigenvalue weighted by molar-refractivity contribution is 0.599. The Balaban J connectivity index is 2.49. The van der Waals surface area contributed by atoms with E-state index in [2.05, 4.69) is 9.82 Å². The number of hydrogen-bond donors (Lipinski definition) is 1. The van der Waals surface area contributed by atoms with E-state index in [0.717, 1.165) is 22.4 Å². The summed E-state index contributed by atoms with van der Waals surface area (Å²) in [6, 6.07) is 5.38. The van der Waals surface area contributed by atoms with Crippen LogP contribution in [0.25, 0.3) is 0 Å². The Morgan fingerprint density at radius 1 is 1.15 bits per heavy atom. The van der Waals surface area contributed by atoms with Crippen molar-refractivity contribution in [3.63, 3.8) is 0 Å². The first-order valence-electron chi connectivity index (χ1n) is 6.32. The van der Waals surface area contributed by atoms with Crippen molar-refractivity contribution in [1.29, 1.82) is 0 Å². The molecule has 2 aromatic rings. The molecule has 1 aromatic heterocycles. The van der Waals surface area contributed by atoms with Gasteiger partial charge >= 0.3 is 0 Å². The summed E-state index contributed by atoms with van der Waals surface area (Å²) in [5.74, 6) is 0.503. The Labute approximate surface area is 119 Å². The quantitative estimate of drug-likeness (QED) is 0.945. The molecular weight excluding hydrogens is 274 g/mol. The fourth-order valence-electron chi connectivity index (χ4n) is 2.09. The van der Waals surface area contributed by atoms with Gasteiger partial charge in [-0.05, 0) is 44.9 Å². The first-order chi connectivity index (χ1) is 9.22. The highest BCUT2D eigenvalue weighted by molar-refractivity contribution is 7.92. The van der Waals surface area contributed by atoms with Crippen LogP contribution in [0.2, 0.25) is 0 Å². The van der Waals surface area contributed by atoms with Gasteiger partial charge in [0.2, 0.25) is 0 Å². The predicted octanol–water partition coefficient (Wildman–Crippen LogP) is 2.45. The second-order valence-corrected chi connectivity index (χ2v) is 6.71. The van der Waals surface area contributed by atoms with Crippen LogP contribution in [-0.2, 0) is 17.1 Å². The van der Waals surface area contributed by atoms with E-state index in [9.17, 15) is 8.42 Å². The summed E-state index contributed by atoms with van der Waals surface area (Å²) >= 11 is 0. The monoisotopic (exact) mass is 293 g/mol. The van der Waals surface area contributed by atoms with Crippen molar-refractivity contribution in [3.8, 4) is 0 Å². The van der Waals surface area contributed by atoms with Crippen LogP contribution in [0.1, 0.15) is 22.4 Å². The molecule has 0 fully saturated rings. The minimum absolute atomic E-state index is 0.302. The van der Waals surface area contributed by atoms with Crippen LogP contribution in [0.15, 0.2) is 23.1 Å². The number of nitrogens with one attached hydrogen (secondary N) is 1. The van der Waals surface area contributed by atoms with Crippen LogP contribution in [0, 0.1) is 27.7 Å². The molecule has 0 saturated heterocycles. The zero-order valence-corrected chi connectivity index (χ0v) is 13.2. The molecule has 0 saturated carbocycles. The van der Waals surface area contributed by atoms with E-state index in [4.69, 9.17) is 0 Å². The van der Waals surface area contributed by atoms with Gasteiger partial charge in [0.1, 0.15) is 5.82 Å². The van der Waals surface area contributed by atoms with Crippen molar-refractivity contribution in [1.82, 2.24) is 9.78 Å². The third-order valence-electron chi connectivity index (χ3n) is 3.39. The largest absolute Gasteiger partial charge is 0.263 e. The molecular formula is C14H19N3O2S. The molecule has 2 rings (SSSR count). The highest BCUT2D eigenvalue weighted by Crippen LogP contribution is 2.23. The van der Waals surface area contributed by atoms with Crippen LogP contribution >= 0.6 is 0 Å². The maximum atomic E-state index is 12.5. The summed E-state index contributed by atoms with van der Waals surface area (Å²) in [7, 11) is -1.89. The van der Waals surface area contributed by atoms with Gasteiger partial charge in [-0.25, -0.2) is 8.42 Å². The summed E-state index contributed by atoms with van der Waals surface area (Å²) in [6.45, 7) is 7.36. The molecule has 0 radical (unpaired) electrons. The first-order valence-corrected chi connectivity index (χ1v) is 7.81. The molecule has 5 nitrogen and oxygen atoms in total. The van der Waals surface area contributed by atoms with Gasteiger partial charge in [-0.1, -0.05) is 12.1 Å². The molecule has 0 atom stereocenters. The smallest absolute Gasteiger partial charge is 0.263 e. The number of nitrogens with zero attached hydrogens (tertiary/aromatic N) is 2. The molecule has 20 heavy (non-hydrogen) atoms. The maximum absolute atomic E-state index is 12.5. The van der Waals surface area contributed by atoms with Crippen LogP contribution in [0.3, 0.4) is 0 Å². The van der Waals surface area contributed by atoms with E-state index in [1.54, 1.807) is 24.7 Å². The van der Waals surface area contributed by atoms with Gasteiger partial charge in [-0.3, -0.25) is 9.40 Å². The van der Waals surface area contributed by atoms with Gasteiger partial charge in [0, 0.05) is 12.6 Å². The summed E-state index contributed by atoms with van der Waals surface area (Å²) < 4.78 is 29.3. The average Bonchev–Trinajstić information content (AvgIpc) is 2.59. The number of anilines is 1. The van der Waals surface area contributed by atoms with Crippen molar-refractivity contribution in [3.05, 3.63) is 40.6 Å². The number of aromatic nitrogens is 2. The van der Waals surface area contributed by atoms with Crippen molar-refractivity contribution in [2.24, 2.45) is 7.05 Å². The molecule has 1 heterocycles. The van der Waals surface area contributed by atoms with Crippen LogP contribution in [0.4, 0.5) is 5.82 Å². The Bertz CT molecular complexity index is 761. The number of hydrogen-bond acceptors (Lipinski definition) is 3. The van der Waals surface area contributed by atoms with Gasteiger partial charge in [-0.2, -0.15) is 5.10 Å². The van der Waals surface area contributed by atoms with Gasteiger partial charge in [0.25, 0.3) is 10.0 Å². The van der Waals surface area contributed by atoms with Crippen LogP contribution in [0.5, 0.6) is 0 Å². The Morgan fingerprint density at radius 3 is 2.35 bits per heavy atom. The van der Waals surface area contributed by atoms with E-state index < -0.39 is 10.0 Å². The van der Waals surface area contributed by atoms with Crippen molar-refractivity contribution >= 4 is 15.8 Å². The number of sulfonamides is 1. The van der Waals surface area contributed by atoms with Crippen LogP contribution in [-0.4, -0.2) is 18.2 Å². The minimum atomic E-state index is -3.61. The standard InChI is InChI=1S/C14H19N3O2S/c1-9-6-7-10(2)13(8-9)20(18,19)16-14-11(3)12(4)15-17(14)5/h6-8,16H,1-5H3. The summed E-state index contributed by atoms with van der Waals surface area (Å²) in [6.07, 6.45) is 0. The third-order valence-corrected chi connectivity index (χ3v) is 4.87. The molecule has 0 unspecified atom stereocenters. The highest BCUT2D eigenvalue weighted by atomic mass is 32.2. The zero-order valence-electron chi connectivity index (χ0n) is 12.4. The van der Waals surface area contributed by atoms with Crippen molar-refractivity contribution in [2.45, 2.75) is 32.6 Å². The fraction of sp³-hybridized carbons (Fsp3) is 0.357. The minimum Gasteiger partial charge on any atom is -0.263 e. The van der Waals surface area contributed by atoms with Gasteiger partial charge in [-0.15, -0.1) is 0 Å². The van der Waals surface area contributed by atoms with Crippen LogP contribution < -0.4 is 4.72 Å². The van der Waals surface area contributed by atoms with Crippen molar-refractivity contribution in [2.75, 3.05) is 4.72 Å². The van der Waals surface area contributed by atoms with E-state index in [0.29, 0.717) is 10.7 Å². The molecule has 1 aromatic carbocycles. The summed E-state index contributed by atoms with van der Waals surface area (Å²) in [5, 5.41) is 4.22. The fourth-order valence-corrected chi connectivity index (χ4v) is 3.57. The van der Waals surface area contributed by atoms with Gasteiger partial charge in [0.05, 0.1) is 10.6 Å². The Hall–Kier alpha value is -1.82. The molecule has 0 aliphatic rings. The topological polar surface area (TPSA) is 64.0 Å². The normalized spacial score (nSPS) is 11.7.